The molecule has 3 unspecified atom stereocenters. The van der Waals surface area contributed by atoms with Crippen molar-refractivity contribution in [2.24, 2.45) is 17.6 Å². The Hall–Kier alpha value is -0.160. The Labute approximate surface area is 116 Å². The summed E-state index contributed by atoms with van der Waals surface area (Å²) >= 11 is 0. The minimum absolute atomic E-state index is 0.0423. The zero-order valence-corrected chi connectivity index (χ0v) is 12.0. The van der Waals surface area contributed by atoms with Gasteiger partial charge in [0, 0.05) is 33.0 Å². The molecule has 2 N–H and O–H groups in total. The fourth-order valence-corrected chi connectivity index (χ4v) is 3.84. The van der Waals surface area contributed by atoms with Crippen LogP contribution in [0.4, 0.5) is 0 Å². The van der Waals surface area contributed by atoms with Gasteiger partial charge in [-0.1, -0.05) is 0 Å². The lowest BCUT2D eigenvalue weighted by atomic mass is 9.76. The number of rotatable bonds is 4. The first-order valence-corrected chi connectivity index (χ1v) is 7.74. The van der Waals surface area contributed by atoms with Crippen molar-refractivity contribution in [2.45, 2.75) is 56.3 Å². The molecular formula is C15H27NO3. The summed E-state index contributed by atoms with van der Waals surface area (Å²) in [6, 6.07) is 0.168. The van der Waals surface area contributed by atoms with E-state index < -0.39 is 0 Å². The summed E-state index contributed by atoms with van der Waals surface area (Å²) in [7, 11) is 1.81. The molecular weight excluding hydrogens is 242 g/mol. The average molecular weight is 269 g/mol. The SMILES string of the molecule is COC(C1CC1)C(N)C1CCOC2(CCOCC2)C1. The summed E-state index contributed by atoms with van der Waals surface area (Å²) in [5, 5.41) is 0. The van der Waals surface area contributed by atoms with Crippen molar-refractivity contribution in [3.8, 4) is 0 Å². The van der Waals surface area contributed by atoms with Gasteiger partial charge in [-0.15, -0.1) is 0 Å². The van der Waals surface area contributed by atoms with Crippen molar-refractivity contribution in [3.05, 3.63) is 0 Å². The standard InChI is InChI=1S/C15H27NO3/c1-17-14(11-2-3-11)13(16)12-4-7-19-15(10-12)5-8-18-9-6-15/h11-14H,2-10,16H2,1H3. The van der Waals surface area contributed by atoms with E-state index in [-0.39, 0.29) is 17.7 Å². The summed E-state index contributed by atoms with van der Waals surface area (Å²) in [5.74, 6) is 1.24. The molecule has 3 aliphatic rings. The number of hydrogen-bond donors (Lipinski definition) is 1. The van der Waals surface area contributed by atoms with Crippen molar-refractivity contribution in [2.75, 3.05) is 26.9 Å². The molecule has 0 amide bonds. The molecule has 3 rings (SSSR count). The second-order valence-electron chi connectivity index (χ2n) is 6.51. The van der Waals surface area contributed by atoms with Gasteiger partial charge in [0.05, 0.1) is 11.7 Å². The van der Waals surface area contributed by atoms with Crippen LogP contribution in [0.3, 0.4) is 0 Å². The summed E-state index contributed by atoms with van der Waals surface area (Å²) < 4.78 is 17.2. The lowest BCUT2D eigenvalue weighted by Crippen LogP contribution is -2.52. The Kier molecular flexibility index (Phi) is 4.13. The second kappa shape index (κ2) is 5.68. The molecule has 3 atom stereocenters. The fraction of sp³-hybridized carbons (Fsp3) is 1.00. The number of ether oxygens (including phenoxy) is 3. The van der Waals surface area contributed by atoms with E-state index in [2.05, 4.69) is 0 Å². The molecule has 0 aromatic heterocycles. The van der Waals surface area contributed by atoms with Crippen molar-refractivity contribution in [1.82, 2.24) is 0 Å². The molecule has 1 spiro atoms. The van der Waals surface area contributed by atoms with Gasteiger partial charge in [-0.25, -0.2) is 0 Å². The number of hydrogen-bond acceptors (Lipinski definition) is 4. The zero-order valence-electron chi connectivity index (χ0n) is 12.0. The molecule has 2 saturated heterocycles. The quantitative estimate of drug-likeness (QED) is 0.844. The fourth-order valence-electron chi connectivity index (χ4n) is 3.84. The molecule has 3 fully saturated rings. The minimum Gasteiger partial charge on any atom is -0.381 e. The monoisotopic (exact) mass is 269 g/mol. The van der Waals surface area contributed by atoms with Crippen LogP contribution in [-0.4, -0.2) is 44.7 Å². The van der Waals surface area contributed by atoms with Crippen molar-refractivity contribution in [1.29, 1.82) is 0 Å². The molecule has 0 bridgehead atoms. The molecule has 4 heteroatoms. The Morgan fingerprint density at radius 2 is 1.84 bits per heavy atom. The average Bonchev–Trinajstić information content (AvgIpc) is 3.25. The van der Waals surface area contributed by atoms with E-state index >= 15 is 0 Å². The highest BCUT2D eigenvalue weighted by Crippen LogP contribution is 2.42. The molecule has 4 nitrogen and oxygen atoms in total. The maximum absolute atomic E-state index is 6.52. The molecule has 0 aromatic carbocycles. The summed E-state index contributed by atoms with van der Waals surface area (Å²) in [5.41, 5.74) is 6.56. The van der Waals surface area contributed by atoms with Crippen molar-refractivity contribution < 1.29 is 14.2 Å². The first-order chi connectivity index (χ1) is 9.24. The van der Waals surface area contributed by atoms with Gasteiger partial charge in [-0.2, -0.15) is 0 Å². The van der Waals surface area contributed by atoms with Gasteiger partial charge in [0.1, 0.15) is 0 Å². The third-order valence-electron chi connectivity index (χ3n) is 5.22. The zero-order chi connectivity index (χ0) is 13.3. The minimum atomic E-state index is 0.0423. The maximum Gasteiger partial charge on any atom is 0.0752 e. The molecule has 0 radical (unpaired) electrons. The van der Waals surface area contributed by atoms with Crippen LogP contribution in [0.2, 0.25) is 0 Å². The van der Waals surface area contributed by atoms with Gasteiger partial charge < -0.3 is 19.9 Å². The van der Waals surface area contributed by atoms with E-state index in [4.69, 9.17) is 19.9 Å². The van der Waals surface area contributed by atoms with E-state index in [9.17, 15) is 0 Å². The largest absolute Gasteiger partial charge is 0.381 e. The van der Waals surface area contributed by atoms with Gasteiger partial charge in [-0.3, -0.25) is 0 Å². The van der Waals surface area contributed by atoms with Gasteiger partial charge >= 0.3 is 0 Å². The highest BCUT2D eigenvalue weighted by Gasteiger charge is 2.44. The summed E-state index contributed by atoms with van der Waals surface area (Å²) in [6.07, 6.45) is 7.04. The highest BCUT2D eigenvalue weighted by molar-refractivity contribution is 4.97. The van der Waals surface area contributed by atoms with Crippen LogP contribution in [0.1, 0.15) is 38.5 Å². The Morgan fingerprint density at radius 1 is 1.11 bits per heavy atom. The highest BCUT2D eigenvalue weighted by atomic mass is 16.5. The van der Waals surface area contributed by atoms with Crippen LogP contribution in [0.15, 0.2) is 0 Å². The van der Waals surface area contributed by atoms with E-state index in [1.54, 1.807) is 0 Å². The van der Waals surface area contributed by atoms with Crippen LogP contribution in [0, 0.1) is 11.8 Å². The molecule has 1 saturated carbocycles. The van der Waals surface area contributed by atoms with E-state index in [1.165, 1.54) is 12.8 Å². The Morgan fingerprint density at radius 3 is 2.47 bits per heavy atom. The normalized spacial score (nSPS) is 34.1. The molecule has 0 aromatic rings. The van der Waals surface area contributed by atoms with Crippen molar-refractivity contribution >= 4 is 0 Å². The third-order valence-corrected chi connectivity index (χ3v) is 5.22. The van der Waals surface area contributed by atoms with E-state index in [0.29, 0.717) is 11.8 Å². The molecule has 2 aliphatic heterocycles. The second-order valence-corrected chi connectivity index (χ2v) is 6.51. The van der Waals surface area contributed by atoms with Crippen LogP contribution in [0.25, 0.3) is 0 Å². The van der Waals surface area contributed by atoms with Crippen molar-refractivity contribution in [3.63, 3.8) is 0 Å². The van der Waals surface area contributed by atoms with Gasteiger partial charge in [-0.05, 0) is 50.4 Å². The summed E-state index contributed by atoms with van der Waals surface area (Å²) in [4.78, 5) is 0. The number of nitrogens with two attached hydrogens (primary N) is 1. The smallest absolute Gasteiger partial charge is 0.0752 e. The van der Waals surface area contributed by atoms with Gasteiger partial charge in [0.2, 0.25) is 0 Å². The Bertz CT molecular complexity index is 294. The van der Waals surface area contributed by atoms with Crippen LogP contribution < -0.4 is 5.73 Å². The predicted molar refractivity (Wildman–Crippen MR) is 73.0 cm³/mol. The van der Waals surface area contributed by atoms with Crippen LogP contribution in [0.5, 0.6) is 0 Å². The molecule has 110 valence electrons. The van der Waals surface area contributed by atoms with Crippen LogP contribution >= 0.6 is 0 Å². The van der Waals surface area contributed by atoms with Gasteiger partial charge in [0.25, 0.3) is 0 Å². The maximum atomic E-state index is 6.52. The van der Waals surface area contributed by atoms with Crippen LogP contribution in [-0.2, 0) is 14.2 Å². The molecule has 1 aliphatic carbocycles. The topological polar surface area (TPSA) is 53.7 Å². The summed E-state index contributed by atoms with van der Waals surface area (Å²) in [6.45, 7) is 2.51. The third kappa shape index (κ3) is 2.97. The van der Waals surface area contributed by atoms with Gasteiger partial charge in [0.15, 0.2) is 0 Å². The lowest BCUT2D eigenvalue weighted by Gasteiger charge is -2.45. The lowest BCUT2D eigenvalue weighted by molar-refractivity contribution is -0.153. The van der Waals surface area contributed by atoms with E-state index in [0.717, 1.165) is 45.5 Å². The molecule has 19 heavy (non-hydrogen) atoms. The predicted octanol–water partition coefficient (Wildman–Crippen LogP) is 1.71. The van der Waals surface area contributed by atoms with E-state index in [1.807, 2.05) is 7.11 Å². The first-order valence-electron chi connectivity index (χ1n) is 7.74. The first kappa shape index (κ1) is 13.8. The number of methoxy groups -OCH3 is 1. The Balaban J connectivity index is 1.63. The molecule has 2 heterocycles.